The summed E-state index contributed by atoms with van der Waals surface area (Å²) >= 11 is 5.78. The van der Waals surface area contributed by atoms with Crippen LogP contribution in [0.15, 0.2) is 35.5 Å². The van der Waals surface area contributed by atoms with Crippen LogP contribution in [0.25, 0.3) is 11.2 Å². The maximum Gasteiger partial charge on any atom is 0.421 e. The van der Waals surface area contributed by atoms with Crippen LogP contribution in [0, 0.1) is 5.82 Å². The Bertz CT molecular complexity index is 1710. The fraction of sp³-hybridized carbons (Fsp3) is 0.370. The lowest BCUT2D eigenvalue weighted by Crippen LogP contribution is -2.34. The standard InChI is InChI=1S/C27H25ClF4N8O3/c28-16-2-1-15(19(29)8-16)13-43-26-18(27(30,31)32)7-14-3-5-39(11-22(14)35-26)12-23-34-21-9-20(24(33)38-41)36-37-25(21)40(23)10-17-4-6-42-17/h1-2,7-9,17,41H,3-6,10-13H2,(H2,33,38). The molecule has 0 spiro atoms. The van der Waals surface area contributed by atoms with Crippen LogP contribution >= 0.6 is 11.6 Å². The second-order valence-corrected chi connectivity index (χ2v) is 10.7. The number of oxime groups is 1. The second-order valence-electron chi connectivity index (χ2n) is 10.3. The highest BCUT2D eigenvalue weighted by molar-refractivity contribution is 6.30. The van der Waals surface area contributed by atoms with Gasteiger partial charge in [-0.05, 0) is 42.7 Å². The Balaban J connectivity index is 1.27. The second kappa shape index (κ2) is 11.5. The molecule has 226 valence electrons. The van der Waals surface area contributed by atoms with Crippen molar-refractivity contribution in [2.45, 2.75) is 51.4 Å². The Morgan fingerprint density at radius 1 is 1.21 bits per heavy atom. The Labute approximate surface area is 246 Å². The van der Waals surface area contributed by atoms with E-state index in [-0.39, 0.29) is 34.8 Å². The van der Waals surface area contributed by atoms with Crippen molar-refractivity contribution in [3.63, 3.8) is 0 Å². The number of nitrogens with two attached hydrogens (primary N) is 1. The molecule has 6 rings (SSSR count). The number of fused-ring (bicyclic) bond motifs is 2. The van der Waals surface area contributed by atoms with Crippen molar-refractivity contribution < 1.29 is 32.2 Å². The first-order valence-corrected chi connectivity index (χ1v) is 13.7. The van der Waals surface area contributed by atoms with Crippen LogP contribution in [0.2, 0.25) is 5.02 Å². The fourth-order valence-electron chi connectivity index (χ4n) is 5.02. The fourth-order valence-corrected chi connectivity index (χ4v) is 5.18. The molecule has 0 radical (unpaired) electrons. The average molecular weight is 621 g/mol. The average Bonchev–Trinajstić information content (AvgIpc) is 3.28. The molecule has 1 fully saturated rings. The Morgan fingerprint density at radius 2 is 2.02 bits per heavy atom. The van der Waals surface area contributed by atoms with Crippen LogP contribution in [0.3, 0.4) is 0 Å². The highest BCUT2D eigenvalue weighted by Gasteiger charge is 2.37. The zero-order valence-electron chi connectivity index (χ0n) is 22.5. The minimum Gasteiger partial charge on any atom is -0.472 e. The molecule has 1 unspecified atom stereocenters. The number of hydrogen-bond donors (Lipinski definition) is 2. The van der Waals surface area contributed by atoms with Crippen LogP contribution in [0.4, 0.5) is 17.6 Å². The monoisotopic (exact) mass is 620 g/mol. The zero-order chi connectivity index (χ0) is 30.3. The van der Waals surface area contributed by atoms with Crippen LogP contribution in [-0.4, -0.2) is 59.9 Å². The molecule has 3 aromatic heterocycles. The van der Waals surface area contributed by atoms with Crippen molar-refractivity contribution in [3.8, 4) is 5.88 Å². The number of aromatic nitrogens is 5. The van der Waals surface area contributed by atoms with Crippen LogP contribution in [0.1, 0.15) is 40.3 Å². The van der Waals surface area contributed by atoms with E-state index >= 15 is 0 Å². The first-order valence-electron chi connectivity index (χ1n) is 13.3. The Kier molecular flexibility index (Phi) is 7.79. The first-order chi connectivity index (χ1) is 20.6. The number of imidazole rings is 1. The van der Waals surface area contributed by atoms with E-state index in [2.05, 4.69) is 20.3 Å². The molecule has 2 aliphatic rings. The minimum atomic E-state index is -4.72. The quantitative estimate of drug-likeness (QED) is 0.0982. The molecule has 1 atom stereocenters. The van der Waals surface area contributed by atoms with E-state index in [4.69, 9.17) is 37.0 Å². The number of amidine groups is 1. The number of rotatable bonds is 8. The van der Waals surface area contributed by atoms with E-state index in [1.165, 1.54) is 12.1 Å². The molecule has 5 heterocycles. The molecule has 1 aromatic carbocycles. The number of alkyl halides is 3. The van der Waals surface area contributed by atoms with Gasteiger partial charge in [-0.3, -0.25) is 4.90 Å². The summed E-state index contributed by atoms with van der Waals surface area (Å²) in [6.45, 7) is 1.70. The molecule has 0 bridgehead atoms. The van der Waals surface area contributed by atoms with Gasteiger partial charge in [0.2, 0.25) is 5.88 Å². The molecule has 4 aromatic rings. The summed E-state index contributed by atoms with van der Waals surface area (Å²) in [5.74, 6) is -0.880. The van der Waals surface area contributed by atoms with E-state index in [1.807, 2.05) is 9.47 Å². The summed E-state index contributed by atoms with van der Waals surface area (Å²) in [4.78, 5) is 11.0. The van der Waals surface area contributed by atoms with Gasteiger partial charge in [0.05, 0.1) is 24.9 Å². The molecule has 0 aliphatic carbocycles. The predicted molar refractivity (Wildman–Crippen MR) is 145 cm³/mol. The molecule has 2 aliphatic heterocycles. The van der Waals surface area contributed by atoms with Gasteiger partial charge in [-0.2, -0.15) is 13.2 Å². The number of ether oxygens (including phenoxy) is 2. The highest BCUT2D eigenvalue weighted by atomic mass is 35.5. The molecule has 16 heteroatoms. The SMILES string of the molecule is NC(=NO)c1cc2nc(CN3CCc4cc(C(F)(F)F)c(OCc5ccc(Cl)cc5F)nc4C3)n(CC3CCO3)c2nn1. The lowest BCUT2D eigenvalue weighted by atomic mass is 10.0. The predicted octanol–water partition coefficient (Wildman–Crippen LogP) is 4.05. The maximum absolute atomic E-state index is 14.3. The molecule has 11 nitrogen and oxygen atoms in total. The van der Waals surface area contributed by atoms with Gasteiger partial charge in [0, 0.05) is 30.3 Å². The Morgan fingerprint density at radius 3 is 2.72 bits per heavy atom. The molecular weight excluding hydrogens is 596 g/mol. The van der Waals surface area contributed by atoms with Gasteiger partial charge >= 0.3 is 6.18 Å². The van der Waals surface area contributed by atoms with E-state index < -0.39 is 30.0 Å². The van der Waals surface area contributed by atoms with Crippen LogP contribution in [-0.2, 0) is 43.6 Å². The molecular formula is C27H25ClF4N8O3. The summed E-state index contributed by atoms with van der Waals surface area (Å²) in [6, 6.07) is 6.47. The van der Waals surface area contributed by atoms with Crippen molar-refractivity contribution in [3.05, 3.63) is 75.1 Å². The van der Waals surface area contributed by atoms with Crippen molar-refractivity contribution in [2.24, 2.45) is 10.9 Å². The van der Waals surface area contributed by atoms with E-state index in [0.29, 0.717) is 60.9 Å². The summed E-state index contributed by atoms with van der Waals surface area (Å²) < 4.78 is 69.0. The number of nitrogens with zero attached hydrogens (tertiary/aromatic N) is 7. The third-order valence-corrected chi connectivity index (χ3v) is 7.63. The summed E-state index contributed by atoms with van der Waals surface area (Å²) in [7, 11) is 0. The minimum absolute atomic E-state index is 0.0172. The third kappa shape index (κ3) is 6.05. The van der Waals surface area contributed by atoms with Gasteiger partial charge in [-0.25, -0.2) is 14.4 Å². The topological polar surface area (TPSA) is 137 Å². The summed E-state index contributed by atoms with van der Waals surface area (Å²) in [5.41, 5.74) is 6.73. The largest absolute Gasteiger partial charge is 0.472 e. The van der Waals surface area contributed by atoms with Crippen molar-refractivity contribution in [1.29, 1.82) is 0 Å². The summed E-state index contributed by atoms with van der Waals surface area (Å²) in [5, 5.41) is 20.4. The third-order valence-electron chi connectivity index (χ3n) is 7.40. The lowest BCUT2D eigenvalue weighted by Gasteiger charge is -2.30. The lowest BCUT2D eigenvalue weighted by molar-refractivity contribution is -0.139. The summed E-state index contributed by atoms with van der Waals surface area (Å²) in [6.07, 6.45) is -3.54. The van der Waals surface area contributed by atoms with E-state index in [0.717, 1.165) is 18.6 Å². The normalized spacial score (nSPS) is 17.6. The maximum atomic E-state index is 14.3. The zero-order valence-corrected chi connectivity index (χ0v) is 23.2. The van der Waals surface area contributed by atoms with Gasteiger partial charge in [0.15, 0.2) is 11.5 Å². The van der Waals surface area contributed by atoms with Gasteiger partial charge < -0.3 is 25.0 Å². The number of halogens is 5. The Hall–Kier alpha value is -4.08. The molecule has 1 saturated heterocycles. The first kappa shape index (κ1) is 29.0. The molecule has 43 heavy (non-hydrogen) atoms. The van der Waals surface area contributed by atoms with Gasteiger partial charge in [-0.15, -0.1) is 10.2 Å². The van der Waals surface area contributed by atoms with Crippen LogP contribution in [0.5, 0.6) is 5.88 Å². The molecule has 3 N–H and O–H groups in total. The van der Waals surface area contributed by atoms with Crippen LogP contribution < -0.4 is 10.5 Å². The van der Waals surface area contributed by atoms with Gasteiger partial charge in [0.25, 0.3) is 0 Å². The molecule has 0 amide bonds. The van der Waals surface area contributed by atoms with E-state index in [9.17, 15) is 17.6 Å². The van der Waals surface area contributed by atoms with E-state index in [1.54, 1.807) is 6.07 Å². The highest BCUT2D eigenvalue weighted by Crippen LogP contribution is 2.38. The molecule has 0 saturated carbocycles. The smallest absolute Gasteiger partial charge is 0.421 e. The van der Waals surface area contributed by atoms with Crippen molar-refractivity contribution >= 4 is 28.6 Å². The van der Waals surface area contributed by atoms with Crippen molar-refractivity contribution in [2.75, 3.05) is 13.2 Å². The number of benzene rings is 1. The van der Waals surface area contributed by atoms with Gasteiger partial charge in [-0.1, -0.05) is 22.8 Å². The van der Waals surface area contributed by atoms with Gasteiger partial charge in [0.1, 0.15) is 35.0 Å². The number of pyridine rings is 1. The number of hydrogen-bond acceptors (Lipinski definition) is 9. The van der Waals surface area contributed by atoms with Crippen molar-refractivity contribution in [1.82, 2.24) is 29.6 Å².